The Morgan fingerprint density at radius 2 is 2.12 bits per heavy atom. The molecule has 0 aliphatic rings. The van der Waals surface area contributed by atoms with E-state index < -0.39 is 12.1 Å². The van der Waals surface area contributed by atoms with Gasteiger partial charge in [-0.2, -0.15) is 5.10 Å². The molecule has 9 heteroatoms. The number of carboxylic acids is 1. The van der Waals surface area contributed by atoms with Crippen LogP contribution in [0.5, 0.6) is 5.75 Å². The zero-order valence-electron chi connectivity index (χ0n) is 14.3. The molecule has 2 aromatic rings. The number of hydrogen-bond acceptors (Lipinski definition) is 8. The molecular weight excluding hydrogens is 358 g/mol. The quantitative estimate of drug-likeness (QED) is 0.392. The molecule has 8 nitrogen and oxygen atoms in total. The molecule has 0 aliphatic heterocycles. The molecule has 0 bridgehead atoms. The molecule has 1 atom stereocenters. The van der Waals surface area contributed by atoms with Crippen molar-refractivity contribution in [2.24, 2.45) is 5.10 Å². The van der Waals surface area contributed by atoms with Crippen molar-refractivity contribution in [1.82, 2.24) is 4.98 Å². The van der Waals surface area contributed by atoms with E-state index in [1.165, 1.54) is 18.3 Å². The average molecular weight is 377 g/mol. The fraction of sp³-hybridized carbons (Fsp3) is 0.294. The van der Waals surface area contributed by atoms with Crippen LogP contribution >= 0.6 is 11.3 Å². The number of carbonyl (C=O) groups excluding carboxylic acids is 1. The zero-order valence-corrected chi connectivity index (χ0v) is 15.2. The van der Waals surface area contributed by atoms with Gasteiger partial charge in [-0.1, -0.05) is 0 Å². The number of nitrogens with zero attached hydrogens (tertiary/aromatic N) is 2. The van der Waals surface area contributed by atoms with Crippen molar-refractivity contribution in [1.29, 1.82) is 0 Å². The summed E-state index contributed by atoms with van der Waals surface area (Å²) in [5.41, 5.74) is 4.22. The van der Waals surface area contributed by atoms with E-state index in [4.69, 9.17) is 14.6 Å². The lowest BCUT2D eigenvalue weighted by molar-refractivity contribution is -0.144. The zero-order chi connectivity index (χ0) is 18.9. The highest BCUT2D eigenvalue weighted by molar-refractivity contribution is 7.13. The summed E-state index contributed by atoms with van der Waals surface area (Å²) in [5.74, 6) is -0.869. The van der Waals surface area contributed by atoms with Crippen molar-refractivity contribution in [2.75, 3.05) is 12.0 Å². The van der Waals surface area contributed by atoms with Crippen molar-refractivity contribution in [3.05, 3.63) is 40.9 Å². The fourth-order valence-corrected chi connectivity index (χ4v) is 2.51. The highest BCUT2D eigenvalue weighted by atomic mass is 32.1. The van der Waals surface area contributed by atoms with Crippen LogP contribution in [0.3, 0.4) is 0 Å². The van der Waals surface area contributed by atoms with Gasteiger partial charge in [0.25, 0.3) is 0 Å². The number of aromatic nitrogens is 1. The Hall–Kier alpha value is -2.94. The maximum atomic E-state index is 11.4. The van der Waals surface area contributed by atoms with Crippen molar-refractivity contribution in [2.45, 2.75) is 26.4 Å². The SMILES string of the molecule is CCOC(=O)Cc1csc(NN=Cc2ccc(OC(C)C(=O)O)cc2)n1. The van der Waals surface area contributed by atoms with E-state index in [0.717, 1.165) is 5.56 Å². The Balaban J connectivity index is 1.85. The number of hydrazone groups is 1. The third-order valence-corrected chi connectivity index (χ3v) is 3.89. The van der Waals surface area contributed by atoms with Crippen LogP contribution in [0.4, 0.5) is 5.13 Å². The lowest BCUT2D eigenvalue weighted by Gasteiger charge is -2.09. The maximum Gasteiger partial charge on any atom is 0.344 e. The molecule has 2 rings (SSSR count). The number of carbonyl (C=O) groups is 2. The van der Waals surface area contributed by atoms with Crippen LogP contribution in [0.15, 0.2) is 34.7 Å². The first-order valence-electron chi connectivity index (χ1n) is 7.86. The average Bonchev–Trinajstić information content (AvgIpc) is 3.03. The van der Waals surface area contributed by atoms with Crippen LogP contribution in [0.25, 0.3) is 0 Å². The molecule has 0 radical (unpaired) electrons. The van der Waals surface area contributed by atoms with E-state index in [0.29, 0.717) is 23.2 Å². The van der Waals surface area contributed by atoms with E-state index in [1.807, 2.05) is 0 Å². The lowest BCUT2D eigenvalue weighted by atomic mass is 10.2. The van der Waals surface area contributed by atoms with E-state index in [1.54, 1.807) is 42.8 Å². The van der Waals surface area contributed by atoms with Crippen molar-refractivity contribution in [3.8, 4) is 5.75 Å². The van der Waals surface area contributed by atoms with E-state index in [-0.39, 0.29) is 12.4 Å². The Kier molecular flexibility index (Phi) is 7.10. The van der Waals surface area contributed by atoms with E-state index >= 15 is 0 Å². The summed E-state index contributed by atoms with van der Waals surface area (Å²) >= 11 is 1.34. The highest BCUT2D eigenvalue weighted by Crippen LogP contribution is 2.16. The van der Waals surface area contributed by atoms with Crippen molar-refractivity contribution in [3.63, 3.8) is 0 Å². The van der Waals surface area contributed by atoms with Crippen molar-refractivity contribution < 1.29 is 24.2 Å². The number of thiazole rings is 1. The number of anilines is 1. The summed E-state index contributed by atoms with van der Waals surface area (Å²) in [5, 5.41) is 15.2. The first kappa shape index (κ1) is 19.4. The second kappa shape index (κ2) is 9.52. The fourth-order valence-electron chi connectivity index (χ4n) is 1.85. The number of carboxylic acid groups (broad SMARTS) is 1. The second-order valence-electron chi connectivity index (χ2n) is 5.16. The molecule has 1 heterocycles. The molecule has 0 saturated heterocycles. The third-order valence-electron chi connectivity index (χ3n) is 3.10. The van der Waals surface area contributed by atoms with Crippen LogP contribution in [0.2, 0.25) is 0 Å². The molecule has 0 spiro atoms. The number of rotatable bonds is 9. The van der Waals surface area contributed by atoms with Gasteiger partial charge >= 0.3 is 11.9 Å². The van der Waals surface area contributed by atoms with Gasteiger partial charge in [-0.25, -0.2) is 9.78 Å². The minimum Gasteiger partial charge on any atom is -0.479 e. The Morgan fingerprint density at radius 1 is 1.38 bits per heavy atom. The van der Waals surface area contributed by atoms with Crippen LogP contribution in [-0.2, 0) is 20.7 Å². The molecule has 2 N–H and O–H groups in total. The number of ether oxygens (including phenoxy) is 2. The Morgan fingerprint density at radius 3 is 2.77 bits per heavy atom. The van der Waals surface area contributed by atoms with Gasteiger partial charge in [0.1, 0.15) is 5.75 Å². The minimum atomic E-state index is -1.02. The van der Waals surface area contributed by atoms with E-state index in [9.17, 15) is 9.59 Å². The van der Waals surface area contributed by atoms with Crippen molar-refractivity contribution >= 4 is 34.6 Å². The van der Waals surface area contributed by atoms with Crippen LogP contribution in [-0.4, -0.2) is 41.0 Å². The van der Waals surface area contributed by atoms with Crippen LogP contribution in [0.1, 0.15) is 25.1 Å². The molecule has 0 fully saturated rings. The van der Waals surface area contributed by atoms with Gasteiger partial charge in [0.15, 0.2) is 6.10 Å². The van der Waals surface area contributed by atoms with Crippen LogP contribution in [0, 0.1) is 0 Å². The molecule has 0 aliphatic carbocycles. The molecule has 26 heavy (non-hydrogen) atoms. The molecular formula is C17H19N3O5S. The van der Waals surface area contributed by atoms with Gasteiger partial charge in [-0.05, 0) is 43.7 Å². The Bertz CT molecular complexity index is 773. The Labute approximate surface area is 154 Å². The molecule has 1 aromatic carbocycles. The number of nitrogens with one attached hydrogen (secondary N) is 1. The van der Waals surface area contributed by atoms with Gasteiger partial charge in [-0.3, -0.25) is 10.2 Å². The van der Waals surface area contributed by atoms with Gasteiger partial charge in [0.05, 0.1) is 24.9 Å². The predicted molar refractivity (Wildman–Crippen MR) is 97.8 cm³/mol. The van der Waals surface area contributed by atoms with E-state index in [2.05, 4.69) is 15.5 Å². The van der Waals surface area contributed by atoms with Gasteiger partial charge in [-0.15, -0.1) is 11.3 Å². The smallest absolute Gasteiger partial charge is 0.344 e. The standard InChI is InChI=1S/C17H19N3O5S/c1-3-24-15(21)8-13-10-26-17(19-13)20-18-9-12-4-6-14(7-5-12)25-11(2)16(22)23/h4-7,9-11H,3,8H2,1-2H3,(H,19,20)(H,22,23). The van der Waals surface area contributed by atoms with Crippen LogP contribution < -0.4 is 10.2 Å². The number of aliphatic carboxylic acids is 1. The monoisotopic (exact) mass is 377 g/mol. The lowest BCUT2D eigenvalue weighted by Crippen LogP contribution is -2.22. The maximum absolute atomic E-state index is 11.4. The normalized spacial score (nSPS) is 11.9. The topological polar surface area (TPSA) is 110 Å². The third kappa shape index (κ3) is 6.17. The highest BCUT2D eigenvalue weighted by Gasteiger charge is 2.12. The first-order valence-corrected chi connectivity index (χ1v) is 8.74. The first-order chi connectivity index (χ1) is 12.5. The summed E-state index contributed by atoms with van der Waals surface area (Å²) in [6.07, 6.45) is 0.813. The van der Waals surface area contributed by atoms with Gasteiger partial charge in [0.2, 0.25) is 5.13 Å². The number of benzene rings is 1. The van der Waals surface area contributed by atoms with Gasteiger partial charge in [0, 0.05) is 5.38 Å². The molecule has 0 amide bonds. The molecule has 0 saturated carbocycles. The summed E-state index contributed by atoms with van der Waals surface area (Å²) in [4.78, 5) is 26.4. The summed E-state index contributed by atoms with van der Waals surface area (Å²) in [6, 6.07) is 6.84. The second-order valence-corrected chi connectivity index (χ2v) is 6.02. The predicted octanol–water partition coefficient (Wildman–Crippen LogP) is 2.55. The number of hydrogen-bond donors (Lipinski definition) is 2. The molecule has 138 valence electrons. The summed E-state index contributed by atoms with van der Waals surface area (Å²) < 4.78 is 10.1. The number of esters is 1. The molecule has 1 aromatic heterocycles. The molecule has 1 unspecified atom stereocenters. The summed E-state index contributed by atoms with van der Waals surface area (Å²) in [7, 11) is 0. The summed E-state index contributed by atoms with van der Waals surface area (Å²) in [6.45, 7) is 3.56. The van der Waals surface area contributed by atoms with Gasteiger partial charge < -0.3 is 14.6 Å². The largest absolute Gasteiger partial charge is 0.479 e. The minimum absolute atomic E-state index is 0.131.